The van der Waals surface area contributed by atoms with E-state index in [2.05, 4.69) is 34.2 Å². The average molecular weight is 289 g/mol. The van der Waals surface area contributed by atoms with Crippen molar-refractivity contribution in [2.75, 3.05) is 13.1 Å². The fraction of sp³-hybridized carbons (Fsp3) is 0.500. The van der Waals surface area contributed by atoms with Gasteiger partial charge in [-0.25, -0.2) is 0 Å². The number of nitrogens with one attached hydrogen (secondary N) is 1. The molecule has 0 radical (unpaired) electrons. The van der Waals surface area contributed by atoms with Crippen LogP contribution >= 0.6 is 27.5 Å². The van der Waals surface area contributed by atoms with Crippen LogP contribution in [-0.4, -0.2) is 13.1 Å². The Hall–Kier alpha value is -0.0500. The lowest BCUT2D eigenvalue weighted by Crippen LogP contribution is -2.33. The summed E-state index contributed by atoms with van der Waals surface area (Å²) in [4.78, 5) is 0. The normalized spacial score (nSPS) is 26.6. The lowest BCUT2D eigenvalue weighted by atomic mass is 9.82. The molecule has 1 aliphatic rings. The van der Waals surface area contributed by atoms with Gasteiger partial charge in [-0.1, -0.05) is 40.5 Å². The van der Waals surface area contributed by atoms with Gasteiger partial charge in [-0.15, -0.1) is 0 Å². The highest BCUT2D eigenvalue weighted by atomic mass is 79.9. The van der Waals surface area contributed by atoms with E-state index in [0.717, 1.165) is 22.6 Å². The van der Waals surface area contributed by atoms with Gasteiger partial charge in [0, 0.05) is 9.50 Å². The van der Waals surface area contributed by atoms with Gasteiger partial charge in [0.05, 0.1) is 0 Å². The molecule has 1 fully saturated rings. The van der Waals surface area contributed by atoms with Crippen LogP contribution < -0.4 is 5.32 Å². The van der Waals surface area contributed by atoms with Crippen molar-refractivity contribution in [1.29, 1.82) is 0 Å². The molecule has 1 aromatic rings. The van der Waals surface area contributed by atoms with Crippen LogP contribution in [-0.2, 0) is 0 Å². The first kappa shape index (κ1) is 11.4. The van der Waals surface area contributed by atoms with Crippen LogP contribution in [0.4, 0.5) is 0 Å². The highest BCUT2D eigenvalue weighted by Crippen LogP contribution is 2.35. The van der Waals surface area contributed by atoms with Crippen molar-refractivity contribution in [2.45, 2.75) is 19.3 Å². The summed E-state index contributed by atoms with van der Waals surface area (Å²) in [5.74, 6) is 1.34. The molecule has 0 amide bonds. The molecule has 0 bridgehead atoms. The fourth-order valence-electron chi connectivity index (χ4n) is 2.28. The highest BCUT2D eigenvalue weighted by molar-refractivity contribution is 9.10. The monoisotopic (exact) mass is 287 g/mol. The Morgan fingerprint density at radius 1 is 1.47 bits per heavy atom. The maximum absolute atomic E-state index is 5.95. The van der Waals surface area contributed by atoms with E-state index in [-0.39, 0.29) is 0 Å². The molecule has 15 heavy (non-hydrogen) atoms. The van der Waals surface area contributed by atoms with E-state index >= 15 is 0 Å². The van der Waals surface area contributed by atoms with Crippen LogP contribution in [0, 0.1) is 5.92 Å². The third-order valence-electron chi connectivity index (χ3n) is 3.15. The minimum atomic E-state index is 0.651. The molecule has 82 valence electrons. The Balaban J connectivity index is 2.27. The molecule has 2 unspecified atom stereocenters. The first-order chi connectivity index (χ1) is 7.18. The predicted molar refractivity (Wildman–Crippen MR) is 68.5 cm³/mol. The minimum Gasteiger partial charge on any atom is -0.316 e. The Labute approximate surface area is 104 Å². The Morgan fingerprint density at radius 3 is 2.93 bits per heavy atom. The zero-order valence-electron chi connectivity index (χ0n) is 8.76. The van der Waals surface area contributed by atoms with Gasteiger partial charge in [0.25, 0.3) is 0 Å². The van der Waals surface area contributed by atoms with Crippen LogP contribution in [0.25, 0.3) is 0 Å². The zero-order valence-corrected chi connectivity index (χ0v) is 11.1. The van der Waals surface area contributed by atoms with Gasteiger partial charge < -0.3 is 5.32 Å². The van der Waals surface area contributed by atoms with Crippen molar-refractivity contribution in [3.8, 4) is 0 Å². The molecule has 0 aliphatic carbocycles. The number of hydrogen-bond donors (Lipinski definition) is 1. The summed E-state index contributed by atoms with van der Waals surface area (Å²) in [6.45, 7) is 4.53. The van der Waals surface area contributed by atoms with Crippen molar-refractivity contribution >= 4 is 27.5 Å². The predicted octanol–water partition coefficient (Wildman–Crippen LogP) is 3.82. The SMILES string of the molecule is CC1CNCCC1c1ccc(Cl)cc1Br. The van der Waals surface area contributed by atoms with E-state index in [1.54, 1.807) is 0 Å². The molecule has 1 nitrogen and oxygen atoms in total. The van der Waals surface area contributed by atoms with Crippen LogP contribution in [0.1, 0.15) is 24.8 Å². The van der Waals surface area contributed by atoms with E-state index < -0.39 is 0 Å². The molecule has 1 N–H and O–H groups in total. The molecule has 1 heterocycles. The summed E-state index contributed by atoms with van der Waals surface area (Å²) in [6, 6.07) is 6.13. The summed E-state index contributed by atoms with van der Waals surface area (Å²) in [7, 11) is 0. The maximum Gasteiger partial charge on any atom is 0.0417 e. The topological polar surface area (TPSA) is 12.0 Å². The van der Waals surface area contributed by atoms with Gasteiger partial charge in [0.1, 0.15) is 0 Å². The number of halogens is 2. The molecule has 2 rings (SSSR count). The number of hydrogen-bond acceptors (Lipinski definition) is 1. The third kappa shape index (κ3) is 2.55. The Kier molecular flexibility index (Phi) is 3.70. The van der Waals surface area contributed by atoms with Gasteiger partial charge in [0.2, 0.25) is 0 Å². The first-order valence-corrected chi connectivity index (χ1v) is 6.51. The summed E-state index contributed by atoms with van der Waals surface area (Å²) in [5, 5.41) is 4.22. The van der Waals surface area contributed by atoms with E-state index in [1.165, 1.54) is 12.0 Å². The van der Waals surface area contributed by atoms with Gasteiger partial charge in [-0.05, 0) is 49.0 Å². The molecule has 0 spiro atoms. The van der Waals surface area contributed by atoms with Crippen molar-refractivity contribution < 1.29 is 0 Å². The van der Waals surface area contributed by atoms with Gasteiger partial charge in [-0.3, -0.25) is 0 Å². The molecular formula is C12H15BrClN. The van der Waals surface area contributed by atoms with Gasteiger partial charge in [-0.2, -0.15) is 0 Å². The quantitative estimate of drug-likeness (QED) is 0.828. The maximum atomic E-state index is 5.95. The second-order valence-electron chi connectivity index (χ2n) is 4.24. The largest absolute Gasteiger partial charge is 0.316 e. The van der Waals surface area contributed by atoms with Gasteiger partial charge in [0.15, 0.2) is 0 Å². The molecule has 1 aromatic carbocycles. The minimum absolute atomic E-state index is 0.651. The van der Waals surface area contributed by atoms with Gasteiger partial charge >= 0.3 is 0 Å². The van der Waals surface area contributed by atoms with E-state index in [9.17, 15) is 0 Å². The summed E-state index contributed by atoms with van der Waals surface area (Å²) in [5.41, 5.74) is 1.40. The van der Waals surface area contributed by atoms with E-state index in [0.29, 0.717) is 11.8 Å². The van der Waals surface area contributed by atoms with Crippen molar-refractivity contribution in [3.63, 3.8) is 0 Å². The zero-order chi connectivity index (χ0) is 10.8. The number of piperidine rings is 1. The summed E-state index contributed by atoms with van der Waals surface area (Å²) >= 11 is 9.56. The van der Waals surface area contributed by atoms with Crippen LogP contribution in [0.5, 0.6) is 0 Å². The van der Waals surface area contributed by atoms with E-state index in [1.807, 2.05) is 12.1 Å². The second kappa shape index (κ2) is 4.86. The first-order valence-electron chi connectivity index (χ1n) is 5.34. The molecule has 0 saturated carbocycles. The molecule has 0 aromatic heterocycles. The van der Waals surface area contributed by atoms with Crippen molar-refractivity contribution in [1.82, 2.24) is 5.32 Å². The average Bonchev–Trinajstić information content (AvgIpc) is 2.20. The molecular weight excluding hydrogens is 273 g/mol. The lowest BCUT2D eigenvalue weighted by Gasteiger charge is -2.30. The Morgan fingerprint density at radius 2 is 2.27 bits per heavy atom. The fourth-order valence-corrected chi connectivity index (χ4v) is 3.26. The lowest BCUT2D eigenvalue weighted by molar-refractivity contribution is 0.349. The van der Waals surface area contributed by atoms with Crippen LogP contribution in [0.3, 0.4) is 0 Å². The molecule has 3 heteroatoms. The van der Waals surface area contributed by atoms with Crippen LogP contribution in [0.2, 0.25) is 5.02 Å². The highest BCUT2D eigenvalue weighted by Gasteiger charge is 2.24. The Bertz CT molecular complexity index is 353. The number of rotatable bonds is 1. The molecule has 1 saturated heterocycles. The summed E-state index contributed by atoms with van der Waals surface area (Å²) < 4.78 is 1.15. The summed E-state index contributed by atoms with van der Waals surface area (Å²) in [6.07, 6.45) is 1.21. The standard InChI is InChI=1S/C12H15BrClN/c1-8-7-15-5-4-10(8)11-3-2-9(14)6-12(11)13/h2-3,6,8,10,15H,4-5,7H2,1H3. The van der Waals surface area contributed by atoms with E-state index in [4.69, 9.17) is 11.6 Å². The molecule has 1 aliphatic heterocycles. The second-order valence-corrected chi connectivity index (χ2v) is 5.53. The van der Waals surface area contributed by atoms with Crippen LogP contribution in [0.15, 0.2) is 22.7 Å². The third-order valence-corrected chi connectivity index (χ3v) is 4.07. The van der Waals surface area contributed by atoms with Crippen molar-refractivity contribution in [2.24, 2.45) is 5.92 Å². The number of benzene rings is 1. The molecule has 2 atom stereocenters. The smallest absolute Gasteiger partial charge is 0.0417 e. The van der Waals surface area contributed by atoms with Crippen molar-refractivity contribution in [3.05, 3.63) is 33.3 Å².